The van der Waals surface area contributed by atoms with Gasteiger partial charge in [0.1, 0.15) is 4.32 Å². The highest BCUT2D eigenvalue weighted by atomic mass is 32.2. The maximum Gasteiger partial charge on any atom is 0.266 e. The lowest BCUT2D eigenvalue weighted by atomic mass is 10.1. The lowest BCUT2D eigenvalue weighted by Gasteiger charge is -2.30. The zero-order valence-corrected chi connectivity index (χ0v) is 18.1. The van der Waals surface area contributed by atoms with Crippen LogP contribution < -0.4 is 5.32 Å². The van der Waals surface area contributed by atoms with Crippen molar-refractivity contribution in [1.29, 1.82) is 0 Å². The Kier molecular flexibility index (Phi) is 5.53. The van der Waals surface area contributed by atoms with E-state index < -0.39 is 15.9 Å². The van der Waals surface area contributed by atoms with Crippen LogP contribution in [0.2, 0.25) is 0 Å². The summed E-state index contributed by atoms with van der Waals surface area (Å²) in [6.45, 7) is 5.79. The number of amides is 2. The molecule has 2 aliphatic heterocycles. The molecule has 0 radical (unpaired) electrons. The predicted molar refractivity (Wildman–Crippen MR) is 115 cm³/mol. The van der Waals surface area contributed by atoms with Crippen LogP contribution in [-0.4, -0.2) is 46.8 Å². The van der Waals surface area contributed by atoms with Crippen LogP contribution in [-0.2, 0) is 14.6 Å². The topological polar surface area (TPSA) is 83.6 Å². The third-order valence-electron chi connectivity index (χ3n) is 4.18. The van der Waals surface area contributed by atoms with Gasteiger partial charge in [-0.3, -0.25) is 14.5 Å². The fraction of sp³-hybridized carbons (Fsp3) is 0.316. The third-order valence-corrected chi connectivity index (χ3v) is 6.88. The van der Waals surface area contributed by atoms with E-state index in [1.165, 1.54) is 17.8 Å². The number of hydrogen-bond acceptors (Lipinski definition) is 6. The van der Waals surface area contributed by atoms with Crippen LogP contribution in [0.4, 0.5) is 0 Å². The number of sulfone groups is 1. The zero-order chi connectivity index (χ0) is 20.7. The van der Waals surface area contributed by atoms with E-state index >= 15 is 0 Å². The molecule has 1 aromatic rings. The number of nitrogens with zero attached hydrogens (tertiary/aromatic N) is 1. The summed E-state index contributed by atoms with van der Waals surface area (Å²) in [5.41, 5.74) is 0.798. The van der Waals surface area contributed by atoms with Crippen molar-refractivity contribution in [3.8, 4) is 0 Å². The van der Waals surface area contributed by atoms with Crippen LogP contribution in [0.3, 0.4) is 0 Å². The standard InChI is InChI=1S/C19H20N2O4S3/c1-19(2,3)21-17(23)15(27-18(21)26)10-12-4-6-13(7-5-12)16(22)20-14-8-9-28(24,25)11-14/h4-10,14H,11H2,1-3H3,(H,20,22). The molecule has 1 saturated heterocycles. The summed E-state index contributed by atoms with van der Waals surface area (Å²) in [5, 5.41) is 3.80. The van der Waals surface area contributed by atoms with E-state index in [1.807, 2.05) is 20.8 Å². The number of carbonyl (C=O) groups excluding carboxylic acids is 2. The predicted octanol–water partition coefficient (Wildman–Crippen LogP) is 2.73. The molecule has 0 bridgehead atoms. The third kappa shape index (κ3) is 4.53. The Morgan fingerprint density at radius 3 is 2.43 bits per heavy atom. The second-order valence-corrected chi connectivity index (χ2v) is 11.2. The number of hydrogen-bond donors (Lipinski definition) is 1. The van der Waals surface area contributed by atoms with Gasteiger partial charge in [0.2, 0.25) is 0 Å². The van der Waals surface area contributed by atoms with Gasteiger partial charge < -0.3 is 5.32 Å². The average Bonchev–Trinajstić information content (AvgIpc) is 3.06. The van der Waals surface area contributed by atoms with Gasteiger partial charge >= 0.3 is 0 Å². The lowest BCUT2D eigenvalue weighted by molar-refractivity contribution is -0.125. The molecule has 0 aromatic heterocycles. The lowest BCUT2D eigenvalue weighted by Crippen LogP contribution is -2.44. The first-order valence-electron chi connectivity index (χ1n) is 8.56. The summed E-state index contributed by atoms with van der Waals surface area (Å²) >= 11 is 6.58. The SMILES string of the molecule is CC(C)(C)N1C(=O)C(=Cc2ccc(C(=O)NC3C=CS(=O)(=O)C3)cc2)SC1=S. The molecule has 1 aromatic carbocycles. The average molecular weight is 437 g/mol. The van der Waals surface area contributed by atoms with Crippen molar-refractivity contribution < 1.29 is 18.0 Å². The van der Waals surface area contributed by atoms with Crippen molar-refractivity contribution in [1.82, 2.24) is 10.2 Å². The molecule has 28 heavy (non-hydrogen) atoms. The molecule has 0 saturated carbocycles. The van der Waals surface area contributed by atoms with Crippen LogP contribution in [0.5, 0.6) is 0 Å². The molecule has 3 rings (SSSR count). The molecule has 2 heterocycles. The summed E-state index contributed by atoms with van der Waals surface area (Å²) in [7, 11) is -3.22. The van der Waals surface area contributed by atoms with Gasteiger partial charge in [0.15, 0.2) is 9.84 Å². The van der Waals surface area contributed by atoms with Crippen molar-refractivity contribution >= 4 is 56.0 Å². The molecule has 1 unspecified atom stereocenters. The van der Waals surface area contributed by atoms with E-state index in [1.54, 1.807) is 35.2 Å². The minimum Gasteiger partial charge on any atom is -0.345 e. The molecule has 1 N–H and O–H groups in total. The fourth-order valence-corrected chi connectivity index (χ4v) is 5.72. The summed E-state index contributed by atoms with van der Waals surface area (Å²) in [6.07, 6.45) is 3.22. The largest absolute Gasteiger partial charge is 0.345 e. The second kappa shape index (κ2) is 7.46. The Bertz CT molecular complexity index is 1000. The normalized spacial score (nSPS) is 22.9. The first-order valence-corrected chi connectivity index (χ1v) is 11.5. The van der Waals surface area contributed by atoms with E-state index in [4.69, 9.17) is 12.2 Å². The highest BCUT2D eigenvalue weighted by Crippen LogP contribution is 2.36. The van der Waals surface area contributed by atoms with E-state index in [0.717, 1.165) is 11.0 Å². The quantitative estimate of drug-likeness (QED) is 0.579. The number of thioether (sulfide) groups is 1. The maximum absolute atomic E-state index is 12.6. The summed E-state index contributed by atoms with van der Waals surface area (Å²) < 4.78 is 23.4. The van der Waals surface area contributed by atoms with Crippen molar-refractivity contribution in [2.75, 3.05) is 5.75 Å². The molecule has 148 valence electrons. The van der Waals surface area contributed by atoms with Crippen molar-refractivity contribution in [2.45, 2.75) is 32.4 Å². The molecule has 1 fully saturated rings. The Morgan fingerprint density at radius 1 is 1.29 bits per heavy atom. The number of benzene rings is 1. The monoisotopic (exact) mass is 436 g/mol. The van der Waals surface area contributed by atoms with Crippen molar-refractivity contribution in [2.24, 2.45) is 0 Å². The van der Waals surface area contributed by atoms with Gasteiger partial charge in [-0.05, 0) is 50.6 Å². The second-order valence-electron chi connectivity index (χ2n) is 7.55. The molecule has 0 aliphatic carbocycles. The van der Waals surface area contributed by atoms with E-state index in [0.29, 0.717) is 14.8 Å². The minimum absolute atomic E-state index is 0.119. The highest BCUT2D eigenvalue weighted by Gasteiger charge is 2.39. The molecule has 1 atom stereocenters. The van der Waals surface area contributed by atoms with Gasteiger partial charge in [0, 0.05) is 16.5 Å². The molecular formula is C19H20N2O4S3. The number of nitrogens with one attached hydrogen (secondary N) is 1. The Morgan fingerprint density at radius 2 is 1.93 bits per heavy atom. The molecule has 6 nitrogen and oxygen atoms in total. The van der Waals surface area contributed by atoms with Gasteiger partial charge in [-0.25, -0.2) is 8.42 Å². The molecule has 0 spiro atoms. The summed E-state index contributed by atoms with van der Waals surface area (Å²) in [4.78, 5) is 27.0. The first-order chi connectivity index (χ1) is 13.0. The van der Waals surface area contributed by atoms with Gasteiger partial charge in [-0.2, -0.15) is 0 Å². The maximum atomic E-state index is 12.6. The molecule has 2 aliphatic rings. The van der Waals surface area contributed by atoms with E-state index in [9.17, 15) is 18.0 Å². The first kappa shape index (κ1) is 20.8. The Hall–Kier alpha value is -1.97. The van der Waals surface area contributed by atoms with Gasteiger partial charge in [-0.15, -0.1) is 0 Å². The smallest absolute Gasteiger partial charge is 0.266 e. The zero-order valence-electron chi connectivity index (χ0n) is 15.6. The van der Waals surface area contributed by atoms with Crippen LogP contribution in [0.1, 0.15) is 36.7 Å². The number of rotatable bonds is 3. The van der Waals surface area contributed by atoms with Crippen molar-refractivity contribution in [3.63, 3.8) is 0 Å². The fourth-order valence-electron chi connectivity index (χ4n) is 2.85. The number of carbonyl (C=O) groups is 2. The van der Waals surface area contributed by atoms with Gasteiger partial charge in [0.05, 0.1) is 16.7 Å². The minimum atomic E-state index is -3.22. The molecule has 2 amide bonds. The molecular weight excluding hydrogens is 416 g/mol. The van der Waals surface area contributed by atoms with Gasteiger partial charge in [0.25, 0.3) is 11.8 Å². The van der Waals surface area contributed by atoms with E-state index in [-0.39, 0.29) is 23.1 Å². The van der Waals surface area contributed by atoms with Crippen LogP contribution in [0.15, 0.2) is 40.7 Å². The Balaban J connectivity index is 1.70. The molecule has 9 heteroatoms. The van der Waals surface area contributed by atoms with Gasteiger partial charge in [-0.1, -0.05) is 36.1 Å². The van der Waals surface area contributed by atoms with Crippen LogP contribution in [0.25, 0.3) is 6.08 Å². The number of thiocarbonyl (C=S) groups is 1. The van der Waals surface area contributed by atoms with Crippen LogP contribution in [0, 0.1) is 0 Å². The summed E-state index contributed by atoms with van der Waals surface area (Å²) in [5.74, 6) is -0.595. The Labute approximate surface area is 174 Å². The van der Waals surface area contributed by atoms with Crippen molar-refractivity contribution in [3.05, 3.63) is 51.8 Å². The highest BCUT2D eigenvalue weighted by molar-refractivity contribution is 8.26. The summed E-state index contributed by atoms with van der Waals surface area (Å²) in [6, 6.07) is 6.23. The van der Waals surface area contributed by atoms with Crippen LogP contribution >= 0.6 is 24.0 Å². The van der Waals surface area contributed by atoms with E-state index in [2.05, 4.69) is 5.32 Å².